The molecule has 7 nitrogen and oxygen atoms in total. The number of benzene rings is 2. The Balaban J connectivity index is 1.84. The molecule has 3 N–H and O–H groups in total. The van der Waals surface area contributed by atoms with Gasteiger partial charge in [-0.1, -0.05) is 11.3 Å². The zero-order chi connectivity index (χ0) is 19.3. The summed E-state index contributed by atoms with van der Waals surface area (Å²) in [6.45, 7) is 1.53. The van der Waals surface area contributed by atoms with Crippen LogP contribution in [0.25, 0.3) is 21.3 Å². The number of aromatic nitrogens is 3. The van der Waals surface area contributed by atoms with E-state index in [9.17, 15) is 9.18 Å². The largest absolute Gasteiger partial charge is 0.494 e. The lowest BCUT2D eigenvalue weighted by molar-refractivity contribution is 0.0996. The number of methoxy groups -OCH3 is 1. The Labute approximate surface area is 157 Å². The first kappa shape index (κ1) is 17.2. The van der Waals surface area contributed by atoms with Crippen LogP contribution in [0.2, 0.25) is 0 Å². The van der Waals surface area contributed by atoms with Gasteiger partial charge in [0, 0.05) is 12.6 Å². The maximum absolute atomic E-state index is 14.3. The smallest absolute Gasteiger partial charge is 0.251 e. The molecular weight excluding hydrogens is 369 g/mol. The highest BCUT2D eigenvalue weighted by molar-refractivity contribution is 7.22. The molecule has 0 aliphatic rings. The summed E-state index contributed by atoms with van der Waals surface area (Å²) in [6.07, 6.45) is 1.74. The Hall–Kier alpha value is -3.20. The Morgan fingerprint density at radius 2 is 2.15 bits per heavy atom. The van der Waals surface area contributed by atoms with Crippen molar-refractivity contribution in [2.75, 3.05) is 12.4 Å². The molecule has 0 bridgehead atoms. The number of thiazole rings is 1. The molecule has 2 aromatic carbocycles. The molecule has 0 saturated carbocycles. The van der Waals surface area contributed by atoms with E-state index in [1.165, 1.54) is 31.4 Å². The number of rotatable bonds is 4. The predicted octanol–water partition coefficient (Wildman–Crippen LogP) is 3.48. The minimum Gasteiger partial charge on any atom is -0.494 e. The highest BCUT2D eigenvalue weighted by Gasteiger charge is 2.20. The number of hydrogen-bond donors (Lipinski definition) is 2. The van der Waals surface area contributed by atoms with Gasteiger partial charge in [-0.3, -0.25) is 4.79 Å². The van der Waals surface area contributed by atoms with Crippen molar-refractivity contribution >= 4 is 49.3 Å². The monoisotopic (exact) mass is 385 g/mol. The van der Waals surface area contributed by atoms with Crippen molar-refractivity contribution in [3.63, 3.8) is 0 Å². The Bertz CT molecular complexity index is 1210. The first-order valence-corrected chi connectivity index (χ1v) is 8.86. The van der Waals surface area contributed by atoms with E-state index in [1.807, 2.05) is 23.7 Å². The van der Waals surface area contributed by atoms with Crippen LogP contribution in [-0.2, 0) is 7.05 Å². The van der Waals surface area contributed by atoms with Crippen molar-refractivity contribution in [1.29, 1.82) is 0 Å². The molecule has 0 aliphatic heterocycles. The number of anilines is 2. The lowest BCUT2D eigenvalue weighted by Crippen LogP contribution is -2.15. The van der Waals surface area contributed by atoms with Crippen molar-refractivity contribution in [2.24, 2.45) is 12.8 Å². The number of ether oxygens (including phenoxy) is 1. The quantitative estimate of drug-likeness (QED) is 0.561. The third kappa shape index (κ3) is 2.67. The lowest BCUT2D eigenvalue weighted by atomic mass is 10.1. The minimum absolute atomic E-state index is 0.199. The van der Waals surface area contributed by atoms with Crippen molar-refractivity contribution in [2.45, 2.75) is 6.92 Å². The number of primary amides is 1. The summed E-state index contributed by atoms with van der Waals surface area (Å²) < 4.78 is 22.5. The number of fused-ring (bicyclic) bond motifs is 3. The standard InChI is InChI=1S/C18H16FN5O2S/c1-8-13(19)9(17(20)25)6-10(16(8)26-3)22-18-23-15-12(27-18)5-4-11-14(15)21-7-24(11)2/h4-7H,1-3H3,(H2,20,25)(H,22,23). The van der Waals surface area contributed by atoms with Gasteiger partial charge in [-0.05, 0) is 25.1 Å². The molecule has 9 heteroatoms. The van der Waals surface area contributed by atoms with Crippen LogP contribution >= 0.6 is 11.3 Å². The molecular formula is C18H16FN5O2S. The number of carbonyl (C=O) groups is 1. The number of halogens is 1. The van der Waals surface area contributed by atoms with Gasteiger partial charge in [0.25, 0.3) is 5.91 Å². The van der Waals surface area contributed by atoms with E-state index in [2.05, 4.69) is 15.3 Å². The number of hydrogen-bond acceptors (Lipinski definition) is 6. The number of carbonyl (C=O) groups excluding carboxylic acids is 1. The van der Waals surface area contributed by atoms with Crippen molar-refractivity contribution in [3.05, 3.63) is 41.5 Å². The number of nitrogens with one attached hydrogen (secondary N) is 1. The van der Waals surface area contributed by atoms with E-state index in [-0.39, 0.29) is 11.1 Å². The van der Waals surface area contributed by atoms with Gasteiger partial charge in [-0.2, -0.15) is 0 Å². The number of aryl methyl sites for hydroxylation is 1. The van der Waals surface area contributed by atoms with Gasteiger partial charge in [0.2, 0.25) is 0 Å². The normalized spacial score (nSPS) is 11.3. The van der Waals surface area contributed by atoms with Crippen LogP contribution in [0, 0.1) is 12.7 Å². The van der Waals surface area contributed by atoms with E-state index in [0.717, 1.165) is 21.3 Å². The Morgan fingerprint density at radius 1 is 1.37 bits per heavy atom. The van der Waals surface area contributed by atoms with E-state index in [4.69, 9.17) is 10.5 Å². The summed E-state index contributed by atoms with van der Waals surface area (Å²) in [5, 5.41) is 3.69. The fourth-order valence-corrected chi connectivity index (χ4v) is 3.95. The van der Waals surface area contributed by atoms with E-state index >= 15 is 0 Å². The lowest BCUT2D eigenvalue weighted by Gasteiger charge is -2.14. The van der Waals surface area contributed by atoms with Gasteiger partial charge in [0.1, 0.15) is 22.6 Å². The molecule has 138 valence electrons. The van der Waals surface area contributed by atoms with E-state index < -0.39 is 11.7 Å². The van der Waals surface area contributed by atoms with Crippen LogP contribution < -0.4 is 15.8 Å². The molecule has 4 aromatic rings. The average molecular weight is 385 g/mol. The fraction of sp³-hybridized carbons (Fsp3) is 0.167. The summed E-state index contributed by atoms with van der Waals surface area (Å²) in [5.74, 6) is -1.25. The van der Waals surface area contributed by atoms with Gasteiger partial charge >= 0.3 is 0 Å². The van der Waals surface area contributed by atoms with Crippen molar-refractivity contribution in [1.82, 2.24) is 14.5 Å². The first-order valence-electron chi connectivity index (χ1n) is 8.05. The number of nitrogens with two attached hydrogens (primary N) is 1. The van der Waals surface area contributed by atoms with E-state index in [1.54, 1.807) is 6.33 Å². The highest BCUT2D eigenvalue weighted by atomic mass is 32.1. The number of nitrogens with zero attached hydrogens (tertiary/aromatic N) is 3. The second kappa shape index (κ2) is 6.20. The number of imidazole rings is 1. The molecule has 2 aromatic heterocycles. The fourth-order valence-electron chi connectivity index (χ4n) is 3.07. The summed E-state index contributed by atoms with van der Waals surface area (Å²) >= 11 is 1.42. The summed E-state index contributed by atoms with van der Waals surface area (Å²) in [4.78, 5) is 20.6. The third-order valence-corrected chi connectivity index (χ3v) is 5.34. The van der Waals surface area contributed by atoms with Crippen molar-refractivity contribution < 1.29 is 13.9 Å². The molecule has 27 heavy (non-hydrogen) atoms. The predicted molar refractivity (Wildman–Crippen MR) is 103 cm³/mol. The summed E-state index contributed by atoms with van der Waals surface area (Å²) in [5.41, 5.74) is 8.26. The zero-order valence-electron chi connectivity index (χ0n) is 14.8. The summed E-state index contributed by atoms with van der Waals surface area (Å²) in [6, 6.07) is 5.30. The average Bonchev–Trinajstić information content (AvgIpc) is 3.21. The molecule has 2 heterocycles. The second-order valence-corrected chi connectivity index (χ2v) is 7.12. The second-order valence-electron chi connectivity index (χ2n) is 6.09. The Morgan fingerprint density at radius 3 is 2.85 bits per heavy atom. The van der Waals surface area contributed by atoms with Crippen LogP contribution in [0.3, 0.4) is 0 Å². The third-order valence-electron chi connectivity index (χ3n) is 4.40. The maximum Gasteiger partial charge on any atom is 0.251 e. The van der Waals surface area contributed by atoms with Gasteiger partial charge in [0.05, 0.1) is 34.9 Å². The molecule has 0 atom stereocenters. The molecule has 0 radical (unpaired) electrons. The Kier molecular flexibility index (Phi) is 3.96. The molecule has 1 amide bonds. The molecule has 0 unspecified atom stereocenters. The molecule has 4 rings (SSSR count). The minimum atomic E-state index is -0.846. The molecule has 0 spiro atoms. The van der Waals surface area contributed by atoms with Crippen LogP contribution in [0.15, 0.2) is 24.5 Å². The summed E-state index contributed by atoms with van der Waals surface area (Å²) in [7, 11) is 3.36. The topological polar surface area (TPSA) is 95.1 Å². The van der Waals surface area contributed by atoms with Crippen molar-refractivity contribution in [3.8, 4) is 5.75 Å². The zero-order valence-corrected chi connectivity index (χ0v) is 15.6. The van der Waals surface area contributed by atoms with E-state index in [0.29, 0.717) is 16.6 Å². The highest BCUT2D eigenvalue weighted by Crippen LogP contribution is 2.37. The van der Waals surface area contributed by atoms with Gasteiger partial charge in [0.15, 0.2) is 5.13 Å². The molecule has 0 fully saturated rings. The van der Waals surface area contributed by atoms with Crippen LogP contribution in [0.4, 0.5) is 15.2 Å². The van der Waals surface area contributed by atoms with Gasteiger partial charge < -0.3 is 20.4 Å². The molecule has 0 saturated heterocycles. The van der Waals surface area contributed by atoms with Gasteiger partial charge in [-0.15, -0.1) is 0 Å². The molecule has 0 aliphatic carbocycles. The van der Waals surface area contributed by atoms with Crippen LogP contribution in [0.1, 0.15) is 15.9 Å². The van der Waals surface area contributed by atoms with Crippen LogP contribution in [0.5, 0.6) is 5.75 Å². The first-order chi connectivity index (χ1) is 12.9. The SMILES string of the molecule is COc1c(Nc2nc3c(ccc4c3ncn4C)s2)cc(C(N)=O)c(F)c1C. The number of amides is 1. The van der Waals surface area contributed by atoms with Crippen LogP contribution in [-0.4, -0.2) is 27.6 Å². The van der Waals surface area contributed by atoms with Gasteiger partial charge in [-0.25, -0.2) is 14.4 Å². The maximum atomic E-state index is 14.3.